The highest BCUT2D eigenvalue weighted by Crippen LogP contribution is 2.38. The number of hydrogen-bond acceptors (Lipinski definition) is 2. The minimum absolute atomic E-state index is 0.150. The Bertz CT molecular complexity index is 438. The van der Waals surface area contributed by atoms with Crippen LogP contribution in [0.3, 0.4) is 0 Å². The minimum atomic E-state index is -0.230. The fourth-order valence-corrected chi connectivity index (χ4v) is 1.99. The predicted molar refractivity (Wildman–Crippen MR) is 62.4 cm³/mol. The predicted octanol–water partition coefficient (Wildman–Crippen LogP) is 2.65. The summed E-state index contributed by atoms with van der Waals surface area (Å²) in [5.74, 6) is 0.349. The fourth-order valence-electron chi connectivity index (χ4n) is 1.99. The Morgan fingerprint density at radius 1 is 1.44 bits per heavy atom. The van der Waals surface area contributed by atoms with Crippen LogP contribution < -0.4 is 5.32 Å². The summed E-state index contributed by atoms with van der Waals surface area (Å²) in [6.45, 7) is 4.68. The average molecular weight is 221 g/mol. The van der Waals surface area contributed by atoms with Crippen LogP contribution in [0.5, 0.6) is 0 Å². The normalized spacial score (nSPS) is 20.1. The molecule has 0 amide bonds. The van der Waals surface area contributed by atoms with E-state index in [2.05, 4.69) is 19.2 Å². The van der Waals surface area contributed by atoms with Gasteiger partial charge in [-0.3, -0.25) is 0 Å². The third kappa shape index (κ3) is 1.66. The molecule has 1 aromatic carbocycles. The van der Waals surface area contributed by atoms with Gasteiger partial charge in [-0.2, -0.15) is 0 Å². The van der Waals surface area contributed by atoms with Crippen LogP contribution in [0.25, 0.3) is 5.76 Å². The van der Waals surface area contributed by atoms with Gasteiger partial charge in [0.15, 0.2) is 0 Å². The molecule has 0 unspecified atom stereocenters. The van der Waals surface area contributed by atoms with E-state index >= 15 is 0 Å². The molecule has 1 N–H and O–H groups in total. The number of benzene rings is 1. The van der Waals surface area contributed by atoms with E-state index in [1.807, 2.05) is 6.07 Å². The highest BCUT2D eigenvalue weighted by molar-refractivity contribution is 5.66. The molecule has 1 aliphatic heterocycles. The summed E-state index contributed by atoms with van der Waals surface area (Å²) in [4.78, 5) is 0. The molecule has 2 rings (SSSR count). The second kappa shape index (κ2) is 3.81. The standard InChI is InChI=1S/C13H16FNO/c1-13(2)8-16-11(7-15-3)12-9(13)5-4-6-10(12)14/h4-7,15H,8H2,1-3H3/b11-7-. The van der Waals surface area contributed by atoms with Gasteiger partial charge in [0.2, 0.25) is 0 Å². The van der Waals surface area contributed by atoms with Crippen LogP contribution in [0.15, 0.2) is 24.4 Å². The Hall–Kier alpha value is -1.51. The van der Waals surface area contributed by atoms with Gasteiger partial charge < -0.3 is 10.1 Å². The van der Waals surface area contributed by atoms with Crippen LogP contribution in [0.1, 0.15) is 25.0 Å². The maximum Gasteiger partial charge on any atom is 0.145 e. The molecule has 1 aromatic rings. The molecule has 0 radical (unpaired) electrons. The second-order valence-electron chi connectivity index (χ2n) is 4.63. The Balaban J connectivity index is 2.63. The lowest BCUT2D eigenvalue weighted by Gasteiger charge is -2.34. The van der Waals surface area contributed by atoms with Crippen LogP contribution in [0.2, 0.25) is 0 Å². The Kier molecular flexibility index (Phi) is 2.62. The molecule has 0 aliphatic carbocycles. The lowest BCUT2D eigenvalue weighted by Crippen LogP contribution is -2.30. The Labute approximate surface area is 95.1 Å². The first-order chi connectivity index (χ1) is 7.56. The highest BCUT2D eigenvalue weighted by Gasteiger charge is 2.32. The van der Waals surface area contributed by atoms with E-state index in [4.69, 9.17) is 4.74 Å². The summed E-state index contributed by atoms with van der Waals surface area (Å²) in [5, 5.41) is 2.88. The first-order valence-electron chi connectivity index (χ1n) is 5.36. The highest BCUT2D eigenvalue weighted by atomic mass is 19.1. The van der Waals surface area contributed by atoms with Crippen molar-refractivity contribution in [3.63, 3.8) is 0 Å². The molecule has 3 heteroatoms. The maximum absolute atomic E-state index is 13.8. The van der Waals surface area contributed by atoms with E-state index in [-0.39, 0.29) is 11.2 Å². The van der Waals surface area contributed by atoms with Crippen molar-refractivity contribution in [3.05, 3.63) is 41.3 Å². The Morgan fingerprint density at radius 3 is 2.88 bits per heavy atom. The number of hydrogen-bond donors (Lipinski definition) is 1. The lowest BCUT2D eigenvalue weighted by atomic mass is 9.80. The van der Waals surface area contributed by atoms with Crippen molar-refractivity contribution in [1.82, 2.24) is 5.32 Å². The molecule has 0 bridgehead atoms. The van der Waals surface area contributed by atoms with Crippen LogP contribution in [0.4, 0.5) is 4.39 Å². The van der Waals surface area contributed by atoms with E-state index in [0.29, 0.717) is 17.9 Å². The number of ether oxygens (including phenoxy) is 1. The summed E-state index contributed by atoms with van der Waals surface area (Å²) in [6, 6.07) is 5.18. The Morgan fingerprint density at radius 2 is 2.19 bits per heavy atom. The van der Waals surface area contributed by atoms with Crippen molar-refractivity contribution in [2.24, 2.45) is 0 Å². The SMILES string of the molecule is CN/C=C1\OCC(C)(C)c2cccc(F)c21. The number of nitrogens with one attached hydrogen (secondary N) is 1. The van der Waals surface area contributed by atoms with Crippen LogP contribution in [0, 0.1) is 5.82 Å². The van der Waals surface area contributed by atoms with Gasteiger partial charge in [-0.25, -0.2) is 4.39 Å². The zero-order chi connectivity index (χ0) is 11.8. The molecule has 0 saturated carbocycles. The molecule has 2 nitrogen and oxygen atoms in total. The van der Waals surface area contributed by atoms with Gasteiger partial charge in [0.05, 0.1) is 12.2 Å². The molecule has 0 saturated heterocycles. The molecule has 0 spiro atoms. The zero-order valence-electron chi connectivity index (χ0n) is 9.80. The van der Waals surface area contributed by atoms with Crippen molar-refractivity contribution < 1.29 is 9.13 Å². The molecular formula is C13H16FNO. The third-order valence-corrected chi connectivity index (χ3v) is 2.85. The topological polar surface area (TPSA) is 21.3 Å². The first kappa shape index (κ1) is 11.0. The summed E-state index contributed by atoms with van der Waals surface area (Å²) < 4.78 is 19.4. The minimum Gasteiger partial charge on any atom is -0.490 e. The molecule has 0 atom stereocenters. The van der Waals surface area contributed by atoms with Crippen molar-refractivity contribution in [2.45, 2.75) is 19.3 Å². The van der Waals surface area contributed by atoms with E-state index in [0.717, 1.165) is 5.56 Å². The first-order valence-corrected chi connectivity index (χ1v) is 5.36. The molecule has 1 aliphatic rings. The van der Waals surface area contributed by atoms with Crippen LogP contribution in [-0.4, -0.2) is 13.7 Å². The van der Waals surface area contributed by atoms with Crippen LogP contribution in [-0.2, 0) is 10.2 Å². The largest absolute Gasteiger partial charge is 0.490 e. The van der Waals surface area contributed by atoms with Crippen molar-refractivity contribution in [1.29, 1.82) is 0 Å². The molecule has 1 heterocycles. The molecule has 16 heavy (non-hydrogen) atoms. The van der Waals surface area contributed by atoms with Crippen molar-refractivity contribution in [3.8, 4) is 0 Å². The van der Waals surface area contributed by atoms with E-state index in [9.17, 15) is 4.39 Å². The lowest BCUT2D eigenvalue weighted by molar-refractivity contribution is 0.191. The second-order valence-corrected chi connectivity index (χ2v) is 4.63. The number of halogens is 1. The van der Waals surface area contributed by atoms with Crippen LogP contribution >= 0.6 is 0 Å². The van der Waals surface area contributed by atoms with Gasteiger partial charge >= 0.3 is 0 Å². The van der Waals surface area contributed by atoms with Crippen molar-refractivity contribution in [2.75, 3.05) is 13.7 Å². The molecule has 86 valence electrons. The number of rotatable bonds is 1. The maximum atomic E-state index is 13.8. The summed E-state index contributed by atoms with van der Waals surface area (Å²) in [5.41, 5.74) is 1.43. The van der Waals surface area contributed by atoms with Gasteiger partial charge in [0.1, 0.15) is 11.6 Å². The van der Waals surface area contributed by atoms with Gasteiger partial charge in [0, 0.05) is 18.7 Å². The number of fused-ring (bicyclic) bond motifs is 1. The quantitative estimate of drug-likeness (QED) is 0.787. The fraction of sp³-hybridized carbons (Fsp3) is 0.385. The van der Waals surface area contributed by atoms with Crippen molar-refractivity contribution >= 4 is 5.76 Å². The molecular weight excluding hydrogens is 205 g/mol. The zero-order valence-corrected chi connectivity index (χ0v) is 9.80. The van der Waals surface area contributed by atoms with Gasteiger partial charge in [-0.15, -0.1) is 0 Å². The van der Waals surface area contributed by atoms with Gasteiger partial charge in [-0.05, 0) is 11.6 Å². The summed E-state index contributed by atoms with van der Waals surface area (Å²) in [7, 11) is 1.77. The molecule has 0 fully saturated rings. The smallest absolute Gasteiger partial charge is 0.145 e. The van der Waals surface area contributed by atoms with Gasteiger partial charge in [0.25, 0.3) is 0 Å². The molecule has 0 aromatic heterocycles. The average Bonchev–Trinajstić information content (AvgIpc) is 2.23. The third-order valence-electron chi connectivity index (χ3n) is 2.85. The summed E-state index contributed by atoms with van der Waals surface area (Å²) >= 11 is 0. The van der Waals surface area contributed by atoms with Gasteiger partial charge in [-0.1, -0.05) is 26.0 Å². The van der Waals surface area contributed by atoms with E-state index in [1.165, 1.54) is 6.07 Å². The monoisotopic (exact) mass is 221 g/mol. The summed E-state index contributed by atoms with van der Waals surface area (Å²) in [6.07, 6.45) is 1.69. The van der Waals surface area contributed by atoms with E-state index < -0.39 is 0 Å². The van der Waals surface area contributed by atoms with E-state index in [1.54, 1.807) is 19.3 Å².